The Balaban J connectivity index is 3.21. The molecular formula is C10H9ClF2INO2. The van der Waals surface area contributed by atoms with Crippen molar-refractivity contribution in [2.45, 2.75) is 18.7 Å². The molecule has 0 amide bonds. The number of hydrogen-bond donors (Lipinski definition) is 0. The second kappa shape index (κ2) is 6.44. The Morgan fingerprint density at radius 2 is 2.29 bits per heavy atom. The molecule has 0 unspecified atom stereocenters. The Labute approximate surface area is 116 Å². The Bertz CT molecular complexity index is 429. The first-order chi connectivity index (χ1) is 8.01. The van der Waals surface area contributed by atoms with Crippen molar-refractivity contribution in [2.24, 2.45) is 0 Å². The van der Waals surface area contributed by atoms with Gasteiger partial charge >= 0.3 is 5.97 Å². The monoisotopic (exact) mass is 375 g/mol. The lowest BCUT2D eigenvalue weighted by Gasteiger charge is -2.12. The number of pyridine rings is 1. The van der Waals surface area contributed by atoms with Gasteiger partial charge in [-0.1, -0.05) is 0 Å². The predicted octanol–water partition coefficient (Wildman–Crippen LogP) is 3.08. The van der Waals surface area contributed by atoms with Crippen molar-refractivity contribution in [3.8, 4) is 0 Å². The van der Waals surface area contributed by atoms with Crippen molar-refractivity contribution in [2.75, 3.05) is 7.11 Å². The van der Waals surface area contributed by atoms with Crippen LogP contribution in [0, 0.1) is 3.57 Å². The Morgan fingerprint density at radius 3 is 2.76 bits per heavy atom. The molecule has 0 aliphatic rings. The molecular weight excluding hydrogens is 366 g/mol. The van der Waals surface area contributed by atoms with Crippen LogP contribution in [0.3, 0.4) is 0 Å². The number of aromatic nitrogens is 1. The van der Waals surface area contributed by atoms with Crippen molar-refractivity contribution >= 4 is 40.2 Å². The molecule has 3 nitrogen and oxygen atoms in total. The number of alkyl halides is 3. The molecule has 0 atom stereocenters. The first kappa shape index (κ1) is 14.6. The zero-order valence-electron chi connectivity index (χ0n) is 8.84. The summed E-state index contributed by atoms with van der Waals surface area (Å²) in [4.78, 5) is 15.0. The molecule has 0 fully saturated rings. The second-order valence-corrected chi connectivity index (χ2v) is 4.49. The molecule has 94 valence electrons. The summed E-state index contributed by atoms with van der Waals surface area (Å²) < 4.78 is 30.6. The summed E-state index contributed by atoms with van der Waals surface area (Å²) in [6.45, 7) is 0. The van der Waals surface area contributed by atoms with E-state index in [9.17, 15) is 13.6 Å². The Morgan fingerprint density at radius 1 is 1.65 bits per heavy atom. The fourth-order valence-electron chi connectivity index (χ4n) is 1.28. The van der Waals surface area contributed by atoms with Crippen LogP contribution in [0.2, 0.25) is 0 Å². The minimum Gasteiger partial charge on any atom is -0.469 e. The summed E-state index contributed by atoms with van der Waals surface area (Å²) in [5, 5.41) is 0. The number of hydrogen-bond acceptors (Lipinski definition) is 3. The fourth-order valence-corrected chi connectivity index (χ4v) is 2.62. The molecule has 0 spiro atoms. The molecule has 1 aromatic heterocycles. The summed E-state index contributed by atoms with van der Waals surface area (Å²) in [5.74, 6) is -0.528. The number of carbonyl (C=O) groups excluding carboxylic acids is 1. The summed E-state index contributed by atoms with van der Waals surface area (Å²) in [5.41, 5.74) is 0.364. The smallest absolute Gasteiger partial charge is 0.310 e. The van der Waals surface area contributed by atoms with Gasteiger partial charge in [0.15, 0.2) is 0 Å². The Kier molecular flexibility index (Phi) is 5.51. The zero-order chi connectivity index (χ0) is 13.0. The highest BCUT2D eigenvalue weighted by molar-refractivity contribution is 14.1. The molecule has 0 N–H and O–H groups in total. The maximum absolute atomic E-state index is 12.9. The normalized spacial score (nSPS) is 10.7. The minimum absolute atomic E-state index is 0.0521. The highest BCUT2D eigenvalue weighted by Gasteiger charge is 2.21. The van der Waals surface area contributed by atoms with Crippen molar-refractivity contribution in [3.63, 3.8) is 0 Å². The number of nitrogens with zero attached hydrogens (tertiary/aromatic N) is 1. The molecule has 1 heterocycles. The Hall–Kier alpha value is -0.500. The second-order valence-electron chi connectivity index (χ2n) is 3.15. The third-order valence-corrected chi connectivity index (χ3v) is 3.58. The SMILES string of the molecule is COC(=O)Cc1cnc(CCl)c(I)c1C(F)F. The van der Waals surface area contributed by atoms with Crippen LogP contribution in [0.5, 0.6) is 0 Å². The number of methoxy groups -OCH3 is 1. The van der Waals surface area contributed by atoms with E-state index in [0.717, 1.165) is 0 Å². The van der Waals surface area contributed by atoms with E-state index in [4.69, 9.17) is 11.6 Å². The molecule has 0 aliphatic heterocycles. The van der Waals surface area contributed by atoms with Crippen LogP contribution in [0.1, 0.15) is 23.2 Å². The molecule has 17 heavy (non-hydrogen) atoms. The van der Waals surface area contributed by atoms with Gasteiger partial charge in [0.25, 0.3) is 6.43 Å². The quantitative estimate of drug-likeness (QED) is 0.461. The van der Waals surface area contributed by atoms with E-state index < -0.39 is 12.4 Å². The van der Waals surface area contributed by atoms with Gasteiger partial charge < -0.3 is 4.74 Å². The van der Waals surface area contributed by atoms with Crippen molar-refractivity contribution < 1.29 is 18.3 Å². The van der Waals surface area contributed by atoms with E-state index in [1.807, 2.05) is 0 Å². The lowest BCUT2D eigenvalue weighted by atomic mass is 10.1. The lowest BCUT2D eigenvalue weighted by Crippen LogP contribution is -2.10. The van der Waals surface area contributed by atoms with Gasteiger partial charge in [-0.3, -0.25) is 9.78 Å². The highest BCUT2D eigenvalue weighted by Crippen LogP contribution is 2.30. The fraction of sp³-hybridized carbons (Fsp3) is 0.400. The van der Waals surface area contributed by atoms with Gasteiger partial charge in [-0.25, -0.2) is 8.78 Å². The summed E-state index contributed by atoms with van der Waals surface area (Å²) in [7, 11) is 1.20. The van der Waals surface area contributed by atoms with Crippen LogP contribution in [0.4, 0.5) is 8.78 Å². The minimum atomic E-state index is -2.67. The first-order valence-electron chi connectivity index (χ1n) is 4.58. The van der Waals surface area contributed by atoms with E-state index in [1.165, 1.54) is 13.3 Å². The van der Waals surface area contributed by atoms with Crippen LogP contribution in [0.15, 0.2) is 6.20 Å². The van der Waals surface area contributed by atoms with Crippen LogP contribution in [-0.4, -0.2) is 18.1 Å². The van der Waals surface area contributed by atoms with E-state index in [2.05, 4.69) is 9.72 Å². The molecule has 0 bridgehead atoms. The van der Waals surface area contributed by atoms with Gasteiger partial charge in [0.1, 0.15) is 0 Å². The lowest BCUT2D eigenvalue weighted by molar-refractivity contribution is -0.139. The van der Waals surface area contributed by atoms with Crippen LogP contribution in [0.25, 0.3) is 0 Å². The average Bonchev–Trinajstić information content (AvgIpc) is 2.28. The summed E-state index contributed by atoms with van der Waals surface area (Å²) in [6.07, 6.45) is -1.65. The summed E-state index contributed by atoms with van der Waals surface area (Å²) in [6, 6.07) is 0. The van der Waals surface area contributed by atoms with Crippen LogP contribution in [-0.2, 0) is 21.8 Å². The highest BCUT2D eigenvalue weighted by atomic mass is 127. The maximum atomic E-state index is 12.9. The van der Waals surface area contributed by atoms with Crippen LogP contribution >= 0.6 is 34.2 Å². The zero-order valence-corrected chi connectivity index (χ0v) is 11.8. The number of rotatable bonds is 4. The average molecular weight is 376 g/mol. The van der Waals surface area contributed by atoms with Gasteiger partial charge in [0, 0.05) is 15.3 Å². The molecule has 7 heteroatoms. The first-order valence-corrected chi connectivity index (χ1v) is 6.19. The molecule has 0 aromatic carbocycles. The van der Waals surface area contributed by atoms with Gasteiger partial charge in [-0.05, 0) is 28.2 Å². The van der Waals surface area contributed by atoms with E-state index in [1.54, 1.807) is 22.6 Å². The van der Waals surface area contributed by atoms with Crippen molar-refractivity contribution in [1.29, 1.82) is 0 Å². The van der Waals surface area contributed by atoms with Gasteiger partial charge in [0.2, 0.25) is 0 Å². The summed E-state index contributed by atoms with van der Waals surface area (Å²) >= 11 is 7.35. The van der Waals surface area contributed by atoms with Crippen molar-refractivity contribution in [1.82, 2.24) is 4.98 Å². The van der Waals surface area contributed by atoms with E-state index in [0.29, 0.717) is 9.26 Å². The topological polar surface area (TPSA) is 39.2 Å². The largest absolute Gasteiger partial charge is 0.469 e. The molecule has 1 rings (SSSR count). The van der Waals surface area contributed by atoms with Gasteiger partial charge in [0.05, 0.1) is 25.1 Å². The molecule has 0 radical (unpaired) electrons. The maximum Gasteiger partial charge on any atom is 0.310 e. The predicted molar refractivity (Wildman–Crippen MR) is 67.2 cm³/mol. The van der Waals surface area contributed by atoms with E-state index >= 15 is 0 Å². The standard InChI is InChI=1S/C10H9ClF2INO2/c1-17-7(16)2-5-4-15-6(3-11)9(14)8(5)10(12)13/h4,10H,2-3H2,1H3. The van der Waals surface area contributed by atoms with Gasteiger partial charge in [-0.15, -0.1) is 11.6 Å². The number of esters is 1. The molecule has 0 saturated heterocycles. The third kappa shape index (κ3) is 3.48. The van der Waals surface area contributed by atoms with Gasteiger partial charge in [-0.2, -0.15) is 0 Å². The molecule has 0 aliphatic carbocycles. The van der Waals surface area contributed by atoms with Crippen molar-refractivity contribution in [3.05, 3.63) is 26.6 Å². The third-order valence-electron chi connectivity index (χ3n) is 2.12. The number of carbonyl (C=O) groups is 1. The molecule has 1 aromatic rings. The molecule has 0 saturated carbocycles. The number of ether oxygens (including phenoxy) is 1. The van der Waals surface area contributed by atoms with Crippen LogP contribution < -0.4 is 0 Å². The van der Waals surface area contributed by atoms with E-state index in [-0.39, 0.29) is 23.4 Å². The number of halogens is 4.